The zero-order chi connectivity index (χ0) is 24.1. The SMILES string of the molecule is Cc1nc(CN2C[C@@H](OCc3ccccn3)CN(C(=O)[C@H]3CCO[C@@H](C(C)C)C3)CC2=O)cs1. The Balaban J connectivity index is 1.48. The number of pyridine rings is 1. The second-order valence-corrected chi connectivity index (χ2v) is 10.5. The molecule has 0 saturated carbocycles. The minimum atomic E-state index is -0.308. The molecule has 8 nitrogen and oxygen atoms in total. The Morgan fingerprint density at radius 1 is 1.29 bits per heavy atom. The Kier molecular flexibility index (Phi) is 8.28. The molecule has 4 heterocycles. The van der Waals surface area contributed by atoms with Gasteiger partial charge in [0, 0.05) is 37.2 Å². The van der Waals surface area contributed by atoms with Gasteiger partial charge in [-0.25, -0.2) is 4.98 Å². The molecule has 0 aliphatic carbocycles. The maximum absolute atomic E-state index is 13.5. The number of hydrogen-bond acceptors (Lipinski definition) is 7. The number of nitrogens with zero attached hydrogens (tertiary/aromatic N) is 4. The second kappa shape index (κ2) is 11.4. The van der Waals surface area contributed by atoms with Crippen LogP contribution in [0, 0.1) is 18.8 Å². The van der Waals surface area contributed by atoms with E-state index in [-0.39, 0.29) is 36.5 Å². The van der Waals surface area contributed by atoms with Crippen molar-refractivity contribution in [2.24, 2.45) is 11.8 Å². The first-order chi connectivity index (χ1) is 16.4. The topological polar surface area (TPSA) is 84.9 Å². The van der Waals surface area contributed by atoms with Crippen LogP contribution in [-0.2, 0) is 32.2 Å². The van der Waals surface area contributed by atoms with Crippen molar-refractivity contribution in [3.8, 4) is 0 Å². The summed E-state index contributed by atoms with van der Waals surface area (Å²) in [5.41, 5.74) is 1.69. The Bertz CT molecular complexity index is 967. The summed E-state index contributed by atoms with van der Waals surface area (Å²) in [6.45, 7) is 8.38. The highest BCUT2D eigenvalue weighted by Crippen LogP contribution is 2.27. The summed E-state index contributed by atoms with van der Waals surface area (Å²) in [4.78, 5) is 39.1. The van der Waals surface area contributed by atoms with Gasteiger partial charge in [-0.15, -0.1) is 11.3 Å². The molecule has 2 aromatic rings. The van der Waals surface area contributed by atoms with Gasteiger partial charge in [-0.2, -0.15) is 0 Å². The molecule has 0 aromatic carbocycles. The molecule has 4 rings (SSSR count). The largest absolute Gasteiger partial charge is 0.378 e. The summed E-state index contributed by atoms with van der Waals surface area (Å²) < 4.78 is 12.1. The van der Waals surface area contributed by atoms with Crippen LogP contribution in [0.4, 0.5) is 0 Å². The van der Waals surface area contributed by atoms with Crippen molar-refractivity contribution in [1.82, 2.24) is 19.8 Å². The van der Waals surface area contributed by atoms with Crippen molar-refractivity contribution in [2.45, 2.75) is 59.0 Å². The number of carbonyl (C=O) groups is 2. The minimum Gasteiger partial charge on any atom is -0.378 e. The fourth-order valence-electron chi connectivity index (χ4n) is 4.54. The zero-order valence-corrected chi connectivity index (χ0v) is 21.0. The van der Waals surface area contributed by atoms with Gasteiger partial charge >= 0.3 is 0 Å². The summed E-state index contributed by atoms with van der Waals surface area (Å²) in [5.74, 6) is 0.182. The summed E-state index contributed by atoms with van der Waals surface area (Å²) >= 11 is 1.57. The third kappa shape index (κ3) is 6.40. The van der Waals surface area contributed by atoms with Crippen LogP contribution < -0.4 is 0 Å². The summed E-state index contributed by atoms with van der Waals surface area (Å²) in [7, 11) is 0. The van der Waals surface area contributed by atoms with Crippen LogP contribution in [-0.4, -0.2) is 70.0 Å². The first-order valence-corrected chi connectivity index (χ1v) is 12.9. The highest BCUT2D eigenvalue weighted by atomic mass is 32.1. The third-order valence-electron chi connectivity index (χ3n) is 6.46. The van der Waals surface area contributed by atoms with Crippen LogP contribution in [0.15, 0.2) is 29.8 Å². The fourth-order valence-corrected chi connectivity index (χ4v) is 5.15. The van der Waals surface area contributed by atoms with Gasteiger partial charge in [0.25, 0.3) is 0 Å². The number of amides is 2. The molecule has 2 aliphatic heterocycles. The predicted octanol–water partition coefficient (Wildman–Crippen LogP) is 3.05. The number of thiazole rings is 1. The summed E-state index contributed by atoms with van der Waals surface area (Å²) in [6, 6.07) is 5.70. The highest BCUT2D eigenvalue weighted by molar-refractivity contribution is 7.09. The second-order valence-electron chi connectivity index (χ2n) is 9.48. The highest BCUT2D eigenvalue weighted by Gasteiger charge is 2.36. The molecule has 2 amide bonds. The maximum Gasteiger partial charge on any atom is 0.242 e. The van der Waals surface area contributed by atoms with Gasteiger partial charge in [-0.1, -0.05) is 19.9 Å². The van der Waals surface area contributed by atoms with Crippen LogP contribution in [0.1, 0.15) is 43.1 Å². The molecule has 34 heavy (non-hydrogen) atoms. The van der Waals surface area contributed by atoms with Gasteiger partial charge in [0.15, 0.2) is 0 Å². The average Bonchev–Trinajstić information content (AvgIpc) is 3.18. The first kappa shape index (κ1) is 24.8. The number of hydrogen-bond donors (Lipinski definition) is 0. The molecule has 0 unspecified atom stereocenters. The van der Waals surface area contributed by atoms with E-state index in [9.17, 15) is 9.59 Å². The van der Waals surface area contributed by atoms with E-state index in [0.29, 0.717) is 51.6 Å². The number of rotatable bonds is 7. The third-order valence-corrected chi connectivity index (χ3v) is 7.28. The number of aromatic nitrogens is 2. The van der Waals surface area contributed by atoms with E-state index < -0.39 is 0 Å². The maximum atomic E-state index is 13.5. The van der Waals surface area contributed by atoms with E-state index >= 15 is 0 Å². The van der Waals surface area contributed by atoms with Crippen LogP contribution in [0.2, 0.25) is 0 Å². The number of aryl methyl sites for hydroxylation is 1. The molecule has 0 N–H and O–H groups in total. The van der Waals surface area contributed by atoms with Gasteiger partial charge in [0.1, 0.15) is 0 Å². The van der Waals surface area contributed by atoms with E-state index in [2.05, 4.69) is 23.8 Å². The van der Waals surface area contributed by atoms with Crippen molar-refractivity contribution in [3.63, 3.8) is 0 Å². The molecule has 3 atom stereocenters. The molecule has 184 valence electrons. The Hall–Kier alpha value is -2.36. The average molecular weight is 487 g/mol. The van der Waals surface area contributed by atoms with E-state index in [1.807, 2.05) is 30.5 Å². The fraction of sp³-hybridized carbons (Fsp3) is 0.600. The van der Waals surface area contributed by atoms with Crippen LogP contribution >= 0.6 is 11.3 Å². The van der Waals surface area contributed by atoms with Gasteiger partial charge in [-0.05, 0) is 37.8 Å². The lowest BCUT2D eigenvalue weighted by molar-refractivity contribution is -0.146. The van der Waals surface area contributed by atoms with Gasteiger partial charge in [0.2, 0.25) is 11.8 Å². The molecule has 2 saturated heterocycles. The van der Waals surface area contributed by atoms with E-state index in [0.717, 1.165) is 16.4 Å². The Morgan fingerprint density at radius 3 is 2.85 bits per heavy atom. The lowest BCUT2D eigenvalue weighted by Crippen LogP contribution is -2.45. The quantitative estimate of drug-likeness (QED) is 0.598. The smallest absolute Gasteiger partial charge is 0.242 e. The lowest BCUT2D eigenvalue weighted by atomic mass is 9.89. The molecule has 2 aromatic heterocycles. The Morgan fingerprint density at radius 2 is 2.15 bits per heavy atom. The summed E-state index contributed by atoms with van der Waals surface area (Å²) in [6.07, 6.45) is 2.89. The molecule has 9 heteroatoms. The van der Waals surface area contributed by atoms with E-state index in [1.165, 1.54) is 0 Å². The molecule has 0 radical (unpaired) electrons. The van der Waals surface area contributed by atoms with Crippen molar-refractivity contribution in [2.75, 3.05) is 26.2 Å². The number of ether oxygens (including phenoxy) is 2. The normalized spacial score (nSPS) is 23.9. The molecule has 0 bridgehead atoms. The van der Waals surface area contributed by atoms with Gasteiger partial charge in [0.05, 0.1) is 48.3 Å². The molecule has 2 fully saturated rings. The molecule has 2 aliphatic rings. The van der Waals surface area contributed by atoms with Crippen LogP contribution in [0.25, 0.3) is 0 Å². The van der Waals surface area contributed by atoms with Crippen molar-refractivity contribution >= 4 is 23.2 Å². The van der Waals surface area contributed by atoms with Crippen LogP contribution in [0.5, 0.6) is 0 Å². The monoisotopic (exact) mass is 486 g/mol. The standard InChI is InChI=1S/C25H34N4O4S/c1-17(2)23-10-19(7-9-32-23)25(31)29-13-22(33-15-20-6-4-5-8-26-20)12-28(24(30)14-29)11-21-16-34-18(3)27-21/h4-6,8,16-17,19,22-23H,7,9-15H2,1-3H3/t19-,22+,23+/m0/s1. The zero-order valence-electron chi connectivity index (χ0n) is 20.2. The van der Waals surface area contributed by atoms with E-state index in [1.54, 1.807) is 27.3 Å². The van der Waals surface area contributed by atoms with Crippen molar-refractivity contribution in [1.29, 1.82) is 0 Å². The van der Waals surface area contributed by atoms with Gasteiger partial charge in [-0.3, -0.25) is 14.6 Å². The van der Waals surface area contributed by atoms with Crippen molar-refractivity contribution in [3.05, 3.63) is 46.2 Å². The predicted molar refractivity (Wildman–Crippen MR) is 129 cm³/mol. The lowest BCUT2D eigenvalue weighted by Gasteiger charge is -2.34. The molecule has 0 spiro atoms. The molecular weight excluding hydrogens is 452 g/mol. The van der Waals surface area contributed by atoms with Crippen molar-refractivity contribution < 1.29 is 19.1 Å². The van der Waals surface area contributed by atoms with E-state index in [4.69, 9.17) is 9.47 Å². The number of carbonyl (C=O) groups excluding carboxylic acids is 2. The first-order valence-electron chi connectivity index (χ1n) is 12.0. The van der Waals surface area contributed by atoms with Crippen LogP contribution in [0.3, 0.4) is 0 Å². The van der Waals surface area contributed by atoms with Gasteiger partial charge < -0.3 is 19.3 Å². The molecular formula is C25H34N4O4S. The summed E-state index contributed by atoms with van der Waals surface area (Å²) in [5, 5.41) is 2.95. The minimum absolute atomic E-state index is 0.0279. The Labute approximate surface area is 205 Å².